The number of hydrogen-bond acceptors (Lipinski definition) is 3. The Morgan fingerprint density at radius 3 is 2.83 bits per heavy atom. The summed E-state index contributed by atoms with van der Waals surface area (Å²) in [7, 11) is 1.65. The third kappa shape index (κ3) is 2.54. The highest BCUT2D eigenvalue weighted by Crippen LogP contribution is 2.26. The molecule has 0 bridgehead atoms. The summed E-state index contributed by atoms with van der Waals surface area (Å²) < 4.78 is 5.06. The number of amides is 1. The smallest absolute Gasteiger partial charge is 0.222 e. The highest BCUT2D eigenvalue weighted by Gasteiger charge is 2.22. The predicted molar refractivity (Wildman–Crippen MR) is 69.8 cm³/mol. The summed E-state index contributed by atoms with van der Waals surface area (Å²) in [6, 6.07) is 6.10. The normalized spacial score (nSPS) is 15.6. The maximum absolute atomic E-state index is 11.7. The van der Waals surface area contributed by atoms with Gasteiger partial charge in [-0.3, -0.25) is 4.79 Å². The van der Waals surface area contributed by atoms with Crippen LogP contribution >= 0.6 is 0 Å². The second kappa shape index (κ2) is 5.50. The molecule has 0 radical (unpaired) electrons. The van der Waals surface area contributed by atoms with Gasteiger partial charge in [0.05, 0.1) is 12.6 Å². The Hall–Kier alpha value is -1.39. The van der Waals surface area contributed by atoms with Crippen LogP contribution in [0.25, 0.3) is 0 Å². The third-order valence-electron chi connectivity index (χ3n) is 3.38. The molecule has 0 spiro atoms. The number of hydrogen-bond donors (Lipinski definition) is 1. The molecule has 2 rings (SSSR count). The zero-order valence-electron chi connectivity index (χ0n) is 11.0. The van der Waals surface area contributed by atoms with E-state index in [9.17, 15) is 4.79 Å². The molecule has 1 heterocycles. The SMILES string of the molecule is CCC(=O)N1Cc2ccc(C(N)COC)cc2C1. The minimum Gasteiger partial charge on any atom is -0.383 e. The monoisotopic (exact) mass is 248 g/mol. The molecule has 1 aliphatic rings. The predicted octanol–water partition coefficient (Wildman–Crippen LogP) is 1.58. The standard InChI is InChI=1S/C14H20N2O2/c1-3-14(17)16-7-11-5-4-10(6-12(11)8-16)13(15)9-18-2/h4-6,13H,3,7-9,15H2,1-2H3. The Balaban J connectivity index is 2.14. The number of methoxy groups -OCH3 is 1. The molecular formula is C14H20N2O2. The number of carbonyl (C=O) groups is 1. The summed E-state index contributed by atoms with van der Waals surface area (Å²) in [5.41, 5.74) is 9.52. The minimum absolute atomic E-state index is 0.101. The van der Waals surface area contributed by atoms with Gasteiger partial charge < -0.3 is 15.4 Å². The van der Waals surface area contributed by atoms with Crippen molar-refractivity contribution in [2.75, 3.05) is 13.7 Å². The topological polar surface area (TPSA) is 55.6 Å². The average Bonchev–Trinajstić information content (AvgIpc) is 2.80. The van der Waals surface area contributed by atoms with Gasteiger partial charge in [0.15, 0.2) is 0 Å². The summed E-state index contributed by atoms with van der Waals surface area (Å²) in [5.74, 6) is 0.203. The van der Waals surface area contributed by atoms with Gasteiger partial charge in [0.1, 0.15) is 0 Å². The van der Waals surface area contributed by atoms with E-state index in [2.05, 4.69) is 12.1 Å². The lowest BCUT2D eigenvalue weighted by atomic mass is 10.0. The maximum Gasteiger partial charge on any atom is 0.222 e. The van der Waals surface area contributed by atoms with Gasteiger partial charge in [0.25, 0.3) is 0 Å². The van der Waals surface area contributed by atoms with Crippen molar-refractivity contribution in [3.8, 4) is 0 Å². The molecule has 1 aromatic rings. The Labute approximate surface area is 108 Å². The fourth-order valence-corrected chi connectivity index (χ4v) is 2.32. The van der Waals surface area contributed by atoms with Crippen LogP contribution in [0.3, 0.4) is 0 Å². The molecule has 0 saturated heterocycles. The first-order valence-corrected chi connectivity index (χ1v) is 6.29. The van der Waals surface area contributed by atoms with Crippen LogP contribution in [0.4, 0.5) is 0 Å². The lowest BCUT2D eigenvalue weighted by Gasteiger charge is -2.13. The molecule has 0 aliphatic carbocycles. The van der Waals surface area contributed by atoms with Crippen LogP contribution in [-0.4, -0.2) is 24.5 Å². The Morgan fingerprint density at radius 1 is 1.44 bits per heavy atom. The molecule has 1 aromatic carbocycles. The number of nitrogens with two attached hydrogens (primary N) is 1. The van der Waals surface area contributed by atoms with Crippen LogP contribution in [0.15, 0.2) is 18.2 Å². The summed E-state index contributed by atoms with van der Waals surface area (Å²) >= 11 is 0. The average molecular weight is 248 g/mol. The van der Waals surface area contributed by atoms with Crippen molar-refractivity contribution in [3.05, 3.63) is 34.9 Å². The minimum atomic E-state index is -0.101. The van der Waals surface area contributed by atoms with Gasteiger partial charge in [-0.1, -0.05) is 25.1 Å². The van der Waals surface area contributed by atoms with Crippen LogP contribution in [0, 0.1) is 0 Å². The number of ether oxygens (including phenoxy) is 1. The van der Waals surface area contributed by atoms with Gasteiger partial charge in [-0.2, -0.15) is 0 Å². The van der Waals surface area contributed by atoms with Crippen molar-refractivity contribution in [2.24, 2.45) is 5.73 Å². The largest absolute Gasteiger partial charge is 0.383 e. The summed E-state index contributed by atoms with van der Waals surface area (Å²) in [5, 5.41) is 0. The van der Waals surface area contributed by atoms with Crippen LogP contribution in [0.2, 0.25) is 0 Å². The highest BCUT2D eigenvalue weighted by molar-refractivity contribution is 5.76. The molecule has 98 valence electrons. The zero-order valence-corrected chi connectivity index (χ0v) is 11.0. The van der Waals surface area contributed by atoms with E-state index in [-0.39, 0.29) is 11.9 Å². The third-order valence-corrected chi connectivity index (χ3v) is 3.38. The number of rotatable bonds is 4. The second-order valence-corrected chi connectivity index (χ2v) is 4.69. The van der Waals surface area contributed by atoms with E-state index >= 15 is 0 Å². The lowest BCUT2D eigenvalue weighted by molar-refractivity contribution is -0.131. The van der Waals surface area contributed by atoms with Gasteiger partial charge in [-0.15, -0.1) is 0 Å². The quantitative estimate of drug-likeness (QED) is 0.880. The Kier molecular flexibility index (Phi) is 3.99. The van der Waals surface area contributed by atoms with Crippen molar-refractivity contribution < 1.29 is 9.53 Å². The zero-order chi connectivity index (χ0) is 13.1. The van der Waals surface area contributed by atoms with E-state index in [0.717, 1.165) is 12.1 Å². The van der Waals surface area contributed by atoms with Gasteiger partial charge in [0, 0.05) is 26.6 Å². The molecule has 0 fully saturated rings. The van der Waals surface area contributed by atoms with Gasteiger partial charge in [-0.05, 0) is 16.7 Å². The molecule has 1 aliphatic heterocycles. The van der Waals surface area contributed by atoms with E-state index in [4.69, 9.17) is 10.5 Å². The Morgan fingerprint density at radius 2 is 2.17 bits per heavy atom. The molecule has 1 atom stereocenters. The van der Waals surface area contributed by atoms with Crippen molar-refractivity contribution in [2.45, 2.75) is 32.5 Å². The molecule has 4 heteroatoms. The van der Waals surface area contributed by atoms with Crippen LogP contribution < -0.4 is 5.73 Å². The molecule has 4 nitrogen and oxygen atoms in total. The van der Waals surface area contributed by atoms with Crippen molar-refractivity contribution in [1.29, 1.82) is 0 Å². The summed E-state index contributed by atoms with van der Waals surface area (Å²) in [4.78, 5) is 13.6. The molecule has 0 aromatic heterocycles. The fraction of sp³-hybridized carbons (Fsp3) is 0.500. The fourth-order valence-electron chi connectivity index (χ4n) is 2.32. The molecule has 2 N–H and O–H groups in total. The highest BCUT2D eigenvalue weighted by atomic mass is 16.5. The summed E-state index contributed by atoms with van der Waals surface area (Å²) in [6.07, 6.45) is 0.560. The van der Waals surface area contributed by atoms with Crippen molar-refractivity contribution >= 4 is 5.91 Å². The molecule has 18 heavy (non-hydrogen) atoms. The second-order valence-electron chi connectivity index (χ2n) is 4.69. The van der Waals surface area contributed by atoms with Gasteiger partial charge in [-0.25, -0.2) is 0 Å². The van der Waals surface area contributed by atoms with E-state index in [0.29, 0.717) is 19.6 Å². The Bertz CT molecular complexity index is 445. The number of fused-ring (bicyclic) bond motifs is 1. The molecule has 0 saturated carbocycles. The van der Waals surface area contributed by atoms with E-state index < -0.39 is 0 Å². The van der Waals surface area contributed by atoms with Crippen LogP contribution in [-0.2, 0) is 22.6 Å². The van der Waals surface area contributed by atoms with Crippen LogP contribution in [0.1, 0.15) is 36.1 Å². The first-order chi connectivity index (χ1) is 8.65. The van der Waals surface area contributed by atoms with E-state index in [1.165, 1.54) is 11.1 Å². The molecular weight excluding hydrogens is 228 g/mol. The van der Waals surface area contributed by atoms with E-state index in [1.54, 1.807) is 7.11 Å². The van der Waals surface area contributed by atoms with Gasteiger partial charge >= 0.3 is 0 Å². The number of nitrogens with zero attached hydrogens (tertiary/aromatic N) is 1. The van der Waals surface area contributed by atoms with Crippen LogP contribution in [0.5, 0.6) is 0 Å². The van der Waals surface area contributed by atoms with Gasteiger partial charge in [0.2, 0.25) is 5.91 Å². The number of carbonyl (C=O) groups excluding carboxylic acids is 1. The number of benzene rings is 1. The maximum atomic E-state index is 11.7. The first-order valence-electron chi connectivity index (χ1n) is 6.29. The first kappa shape index (κ1) is 13.1. The van der Waals surface area contributed by atoms with Crippen molar-refractivity contribution in [3.63, 3.8) is 0 Å². The van der Waals surface area contributed by atoms with Crippen molar-refractivity contribution in [1.82, 2.24) is 4.90 Å². The summed E-state index contributed by atoms with van der Waals surface area (Å²) in [6.45, 7) is 3.83. The molecule has 1 unspecified atom stereocenters. The van der Waals surface area contributed by atoms with E-state index in [1.807, 2.05) is 17.9 Å². The lowest BCUT2D eigenvalue weighted by Crippen LogP contribution is -2.24. The molecule has 1 amide bonds.